The second-order valence-corrected chi connectivity index (χ2v) is 4.56. The summed E-state index contributed by atoms with van der Waals surface area (Å²) < 4.78 is 0. The van der Waals surface area contributed by atoms with E-state index in [2.05, 4.69) is 5.32 Å². The lowest BCUT2D eigenvalue weighted by Gasteiger charge is -2.28. The third-order valence-electron chi connectivity index (χ3n) is 3.02. The zero-order chi connectivity index (χ0) is 15.8. The molecule has 0 fully saturated rings. The molecule has 0 aromatic heterocycles. The van der Waals surface area contributed by atoms with E-state index >= 15 is 0 Å². The molecular formula is C14H20N4O3. The number of benzene rings is 1. The van der Waals surface area contributed by atoms with Gasteiger partial charge in [-0.2, -0.15) is 0 Å². The molecule has 7 nitrogen and oxygen atoms in total. The zero-order valence-electron chi connectivity index (χ0n) is 11.9. The van der Waals surface area contributed by atoms with Gasteiger partial charge in [0, 0.05) is 0 Å². The normalized spacial score (nSPS) is 11.5. The Bertz CT molecular complexity index is 504. The number of hydrogen-bond donors (Lipinski definition) is 3. The molecular weight excluding hydrogens is 272 g/mol. The third-order valence-corrected chi connectivity index (χ3v) is 3.02. The molecule has 0 aliphatic rings. The highest BCUT2D eigenvalue weighted by Gasteiger charge is 2.23. The molecule has 0 spiro atoms. The predicted molar refractivity (Wildman–Crippen MR) is 77.8 cm³/mol. The van der Waals surface area contributed by atoms with Crippen LogP contribution in [0.2, 0.25) is 0 Å². The maximum absolute atomic E-state index is 12.2. The Kier molecular flexibility index (Phi) is 6.35. The molecule has 1 atom stereocenters. The average Bonchev–Trinajstić information content (AvgIpc) is 2.49. The van der Waals surface area contributed by atoms with Crippen LogP contribution in [0.15, 0.2) is 30.3 Å². The Hall–Kier alpha value is -2.41. The summed E-state index contributed by atoms with van der Waals surface area (Å²) in [4.78, 5) is 35.8. The number of primary amides is 1. The molecule has 0 unspecified atom stereocenters. The van der Waals surface area contributed by atoms with Gasteiger partial charge in [0.15, 0.2) is 0 Å². The van der Waals surface area contributed by atoms with Crippen molar-refractivity contribution in [3.05, 3.63) is 35.9 Å². The van der Waals surface area contributed by atoms with Crippen molar-refractivity contribution in [3.63, 3.8) is 0 Å². The van der Waals surface area contributed by atoms with E-state index in [1.54, 1.807) is 6.92 Å². The molecule has 0 saturated heterocycles. The van der Waals surface area contributed by atoms with Crippen molar-refractivity contribution in [2.45, 2.75) is 13.0 Å². The van der Waals surface area contributed by atoms with Crippen LogP contribution in [-0.2, 0) is 14.4 Å². The van der Waals surface area contributed by atoms with Crippen molar-refractivity contribution in [3.8, 4) is 0 Å². The highest BCUT2D eigenvalue weighted by atomic mass is 16.2. The number of nitrogens with zero attached hydrogens (tertiary/aromatic N) is 1. The van der Waals surface area contributed by atoms with Crippen molar-refractivity contribution < 1.29 is 14.4 Å². The summed E-state index contributed by atoms with van der Waals surface area (Å²) in [6.07, 6.45) is 0. The number of hydrogen-bond acceptors (Lipinski definition) is 4. The van der Waals surface area contributed by atoms with Gasteiger partial charge in [0.25, 0.3) is 0 Å². The Labute approximate surface area is 123 Å². The molecule has 0 aliphatic carbocycles. The molecule has 114 valence electrons. The minimum atomic E-state index is -0.615. The first-order chi connectivity index (χ1) is 9.95. The SMILES string of the molecule is C[C@H](c1ccccc1)N(CC(N)=O)C(=O)CNC(=O)CN. The molecule has 21 heavy (non-hydrogen) atoms. The number of carbonyl (C=O) groups is 3. The van der Waals surface area contributed by atoms with Gasteiger partial charge in [0.2, 0.25) is 17.7 Å². The largest absolute Gasteiger partial charge is 0.368 e. The molecule has 5 N–H and O–H groups in total. The van der Waals surface area contributed by atoms with Crippen LogP contribution in [0.5, 0.6) is 0 Å². The highest BCUT2D eigenvalue weighted by molar-refractivity contribution is 5.88. The maximum Gasteiger partial charge on any atom is 0.242 e. The van der Waals surface area contributed by atoms with Crippen LogP contribution in [0.1, 0.15) is 18.5 Å². The highest BCUT2D eigenvalue weighted by Crippen LogP contribution is 2.19. The van der Waals surface area contributed by atoms with E-state index in [0.717, 1.165) is 5.56 Å². The van der Waals surface area contributed by atoms with Crippen molar-refractivity contribution in [2.75, 3.05) is 19.6 Å². The van der Waals surface area contributed by atoms with Gasteiger partial charge in [-0.1, -0.05) is 30.3 Å². The summed E-state index contributed by atoms with van der Waals surface area (Å²) in [6.45, 7) is 1.16. The van der Waals surface area contributed by atoms with E-state index in [0.29, 0.717) is 0 Å². The molecule has 1 rings (SSSR count). The summed E-state index contributed by atoms with van der Waals surface area (Å²) in [7, 11) is 0. The second-order valence-electron chi connectivity index (χ2n) is 4.56. The summed E-state index contributed by atoms with van der Waals surface area (Å²) in [5.74, 6) is -1.45. The third kappa shape index (κ3) is 5.23. The smallest absolute Gasteiger partial charge is 0.242 e. The second kappa shape index (κ2) is 8.01. The number of nitrogens with two attached hydrogens (primary N) is 2. The Balaban J connectivity index is 2.82. The fourth-order valence-electron chi connectivity index (χ4n) is 1.87. The van der Waals surface area contributed by atoms with Gasteiger partial charge >= 0.3 is 0 Å². The van der Waals surface area contributed by atoms with Crippen molar-refractivity contribution >= 4 is 17.7 Å². The molecule has 0 saturated carbocycles. The monoisotopic (exact) mass is 292 g/mol. The van der Waals surface area contributed by atoms with Crippen molar-refractivity contribution in [1.29, 1.82) is 0 Å². The Morgan fingerprint density at radius 2 is 1.86 bits per heavy atom. The van der Waals surface area contributed by atoms with E-state index < -0.39 is 17.7 Å². The molecule has 0 bridgehead atoms. The van der Waals surface area contributed by atoms with Crippen molar-refractivity contribution in [1.82, 2.24) is 10.2 Å². The molecule has 0 radical (unpaired) electrons. The number of amides is 3. The van der Waals surface area contributed by atoms with Gasteiger partial charge in [-0.05, 0) is 12.5 Å². The minimum absolute atomic E-state index is 0.197. The van der Waals surface area contributed by atoms with Gasteiger partial charge in [0.05, 0.1) is 25.7 Å². The van der Waals surface area contributed by atoms with E-state index in [-0.39, 0.29) is 25.7 Å². The van der Waals surface area contributed by atoms with Crippen LogP contribution >= 0.6 is 0 Å². The van der Waals surface area contributed by atoms with Crippen LogP contribution < -0.4 is 16.8 Å². The van der Waals surface area contributed by atoms with Crippen LogP contribution in [-0.4, -0.2) is 42.3 Å². The fourth-order valence-corrected chi connectivity index (χ4v) is 1.87. The minimum Gasteiger partial charge on any atom is -0.368 e. The zero-order valence-corrected chi connectivity index (χ0v) is 11.9. The Morgan fingerprint density at radius 3 is 2.38 bits per heavy atom. The maximum atomic E-state index is 12.2. The molecule has 1 aromatic rings. The molecule has 0 aliphatic heterocycles. The summed E-state index contributed by atoms with van der Waals surface area (Å²) in [5.41, 5.74) is 11.2. The number of rotatable bonds is 7. The van der Waals surface area contributed by atoms with Crippen molar-refractivity contribution in [2.24, 2.45) is 11.5 Å². The predicted octanol–water partition coefficient (Wildman–Crippen LogP) is -0.864. The van der Waals surface area contributed by atoms with E-state index in [4.69, 9.17) is 11.5 Å². The van der Waals surface area contributed by atoms with Gasteiger partial charge in [0.1, 0.15) is 0 Å². The quantitative estimate of drug-likeness (QED) is 0.605. The summed E-state index contributed by atoms with van der Waals surface area (Å²) in [6, 6.07) is 8.91. The first-order valence-electron chi connectivity index (χ1n) is 6.55. The van der Waals surface area contributed by atoms with E-state index in [1.807, 2.05) is 30.3 Å². The average molecular weight is 292 g/mol. The van der Waals surface area contributed by atoms with Gasteiger partial charge in [-0.25, -0.2) is 0 Å². The van der Waals surface area contributed by atoms with Crippen LogP contribution in [0, 0.1) is 0 Å². The fraction of sp³-hybridized carbons (Fsp3) is 0.357. The van der Waals surface area contributed by atoms with Gasteiger partial charge in [-0.15, -0.1) is 0 Å². The standard InChI is InChI=1S/C14H20N4O3/c1-10(11-5-3-2-4-6-11)18(9-12(16)19)14(21)8-17-13(20)7-15/h2-6,10H,7-9,15H2,1H3,(H2,16,19)(H,17,20)/t10-/m1/s1. The summed E-state index contributed by atoms with van der Waals surface area (Å²) in [5, 5.41) is 2.38. The molecule has 7 heteroatoms. The van der Waals surface area contributed by atoms with Crippen LogP contribution in [0.4, 0.5) is 0 Å². The lowest BCUT2D eigenvalue weighted by Crippen LogP contribution is -2.46. The van der Waals surface area contributed by atoms with E-state index in [9.17, 15) is 14.4 Å². The molecule has 0 heterocycles. The molecule has 1 aromatic carbocycles. The lowest BCUT2D eigenvalue weighted by molar-refractivity contribution is -0.137. The topological polar surface area (TPSA) is 119 Å². The first kappa shape index (κ1) is 16.6. The first-order valence-corrected chi connectivity index (χ1v) is 6.55. The van der Waals surface area contributed by atoms with Crippen LogP contribution in [0.25, 0.3) is 0 Å². The Morgan fingerprint density at radius 1 is 1.24 bits per heavy atom. The summed E-state index contributed by atoms with van der Waals surface area (Å²) >= 11 is 0. The van der Waals surface area contributed by atoms with Crippen LogP contribution in [0.3, 0.4) is 0 Å². The lowest BCUT2D eigenvalue weighted by atomic mass is 10.1. The number of nitrogens with one attached hydrogen (secondary N) is 1. The number of carbonyl (C=O) groups excluding carboxylic acids is 3. The molecule has 3 amide bonds. The van der Waals surface area contributed by atoms with E-state index in [1.165, 1.54) is 4.90 Å². The van der Waals surface area contributed by atoms with Gasteiger partial charge < -0.3 is 21.7 Å². The van der Waals surface area contributed by atoms with Gasteiger partial charge in [-0.3, -0.25) is 14.4 Å².